The third-order valence-corrected chi connectivity index (χ3v) is 3.11. The van der Waals surface area contributed by atoms with Crippen molar-refractivity contribution in [2.24, 2.45) is 10.9 Å². The van der Waals surface area contributed by atoms with Crippen LogP contribution >= 0.6 is 0 Å². The minimum Gasteiger partial charge on any atom is -0.438 e. The monoisotopic (exact) mass is 285 g/mol. The first kappa shape index (κ1) is 14.8. The van der Waals surface area contributed by atoms with Crippen LogP contribution in [0.1, 0.15) is 30.9 Å². The van der Waals surface area contributed by atoms with E-state index < -0.39 is 0 Å². The number of aryl methyl sites for hydroxylation is 1. The van der Waals surface area contributed by atoms with Crippen LogP contribution < -0.4 is 10.5 Å². The summed E-state index contributed by atoms with van der Waals surface area (Å²) in [5.41, 5.74) is 7.34. The van der Waals surface area contributed by atoms with Crippen LogP contribution in [0, 0.1) is 0 Å². The van der Waals surface area contributed by atoms with Crippen LogP contribution in [0.3, 0.4) is 0 Å². The van der Waals surface area contributed by atoms with Gasteiger partial charge in [0.15, 0.2) is 5.84 Å². The molecule has 0 radical (unpaired) electrons. The van der Waals surface area contributed by atoms with E-state index in [0.717, 1.165) is 6.42 Å². The van der Waals surface area contributed by atoms with Gasteiger partial charge >= 0.3 is 0 Å². The summed E-state index contributed by atoms with van der Waals surface area (Å²) in [5.74, 6) is 0.952. The maximum absolute atomic E-state index is 8.78. The van der Waals surface area contributed by atoms with Crippen molar-refractivity contribution in [3.05, 3.63) is 53.7 Å². The number of rotatable bonds is 6. The highest BCUT2D eigenvalue weighted by Crippen LogP contribution is 2.23. The minimum absolute atomic E-state index is 0.0299. The molecule has 0 saturated heterocycles. The van der Waals surface area contributed by atoms with E-state index in [-0.39, 0.29) is 5.84 Å². The predicted octanol–water partition coefficient (Wildman–Crippen LogP) is 3.31. The summed E-state index contributed by atoms with van der Waals surface area (Å²) < 4.78 is 5.71. The van der Waals surface area contributed by atoms with E-state index in [1.807, 2.05) is 24.3 Å². The van der Waals surface area contributed by atoms with Crippen LogP contribution in [0.25, 0.3) is 0 Å². The van der Waals surface area contributed by atoms with Crippen molar-refractivity contribution in [1.29, 1.82) is 0 Å². The summed E-state index contributed by atoms with van der Waals surface area (Å²) in [6, 6.07) is 11.3. The molecule has 3 N–H and O–H groups in total. The van der Waals surface area contributed by atoms with Crippen molar-refractivity contribution in [3.63, 3.8) is 0 Å². The number of hydrogen-bond donors (Lipinski definition) is 2. The van der Waals surface area contributed by atoms with Gasteiger partial charge in [-0.05, 0) is 42.7 Å². The number of oxime groups is 1. The van der Waals surface area contributed by atoms with Crippen LogP contribution in [0.5, 0.6) is 11.6 Å². The lowest BCUT2D eigenvalue weighted by atomic mass is 10.1. The van der Waals surface area contributed by atoms with Crippen molar-refractivity contribution in [1.82, 2.24) is 4.98 Å². The second kappa shape index (κ2) is 7.28. The van der Waals surface area contributed by atoms with E-state index in [9.17, 15) is 0 Å². The Bertz CT molecular complexity index is 609. The Morgan fingerprint density at radius 2 is 2.05 bits per heavy atom. The van der Waals surface area contributed by atoms with Crippen LogP contribution in [-0.2, 0) is 6.42 Å². The van der Waals surface area contributed by atoms with Crippen LogP contribution in [0.2, 0.25) is 0 Å². The second-order valence-electron chi connectivity index (χ2n) is 4.69. The van der Waals surface area contributed by atoms with Gasteiger partial charge in [0.05, 0.1) is 5.56 Å². The van der Waals surface area contributed by atoms with E-state index in [4.69, 9.17) is 15.7 Å². The van der Waals surface area contributed by atoms with E-state index in [1.54, 1.807) is 18.3 Å². The number of amidine groups is 1. The molecule has 0 bridgehead atoms. The smallest absolute Gasteiger partial charge is 0.230 e. The van der Waals surface area contributed by atoms with Gasteiger partial charge in [-0.2, -0.15) is 0 Å². The summed E-state index contributed by atoms with van der Waals surface area (Å²) in [7, 11) is 0. The van der Waals surface area contributed by atoms with Crippen molar-refractivity contribution in [3.8, 4) is 11.6 Å². The lowest BCUT2D eigenvalue weighted by Gasteiger charge is -2.09. The number of benzene rings is 1. The molecular weight excluding hydrogens is 266 g/mol. The first-order valence-corrected chi connectivity index (χ1v) is 6.94. The third-order valence-electron chi connectivity index (χ3n) is 3.11. The zero-order chi connectivity index (χ0) is 15.1. The fraction of sp³-hybridized carbons (Fsp3) is 0.250. The van der Waals surface area contributed by atoms with Crippen molar-refractivity contribution < 1.29 is 9.94 Å². The van der Waals surface area contributed by atoms with Gasteiger partial charge in [-0.3, -0.25) is 0 Å². The number of nitrogens with zero attached hydrogens (tertiary/aromatic N) is 2. The average molecular weight is 285 g/mol. The molecule has 1 aromatic heterocycles. The lowest BCUT2D eigenvalue weighted by Crippen LogP contribution is -2.14. The molecule has 0 amide bonds. The Hall–Kier alpha value is -2.56. The zero-order valence-corrected chi connectivity index (χ0v) is 12.0. The minimum atomic E-state index is -0.0299. The Kier molecular flexibility index (Phi) is 5.15. The SMILES string of the molecule is CCCCc1ccc(Oc2ncccc2/C(N)=N/O)cc1. The van der Waals surface area contributed by atoms with Gasteiger partial charge in [0, 0.05) is 6.20 Å². The second-order valence-corrected chi connectivity index (χ2v) is 4.69. The Labute approximate surface area is 124 Å². The summed E-state index contributed by atoms with van der Waals surface area (Å²) in [6.07, 6.45) is 5.01. The number of hydrogen-bond acceptors (Lipinski definition) is 4. The average Bonchev–Trinajstić information content (AvgIpc) is 2.54. The molecule has 0 fully saturated rings. The molecule has 2 aromatic rings. The molecule has 0 saturated carbocycles. The van der Waals surface area contributed by atoms with Gasteiger partial charge in [0.1, 0.15) is 5.75 Å². The Morgan fingerprint density at radius 1 is 1.29 bits per heavy atom. The highest BCUT2D eigenvalue weighted by Gasteiger charge is 2.10. The molecule has 0 aliphatic carbocycles. The highest BCUT2D eigenvalue weighted by molar-refractivity contribution is 5.99. The van der Waals surface area contributed by atoms with Gasteiger partial charge in [-0.25, -0.2) is 4.98 Å². The number of aromatic nitrogens is 1. The largest absolute Gasteiger partial charge is 0.438 e. The summed E-state index contributed by atoms with van der Waals surface area (Å²) >= 11 is 0. The molecule has 0 aliphatic heterocycles. The molecule has 110 valence electrons. The van der Waals surface area contributed by atoms with Gasteiger partial charge in [-0.1, -0.05) is 30.6 Å². The Morgan fingerprint density at radius 3 is 2.71 bits per heavy atom. The molecule has 1 heterocycles. The quantitative estimate of drug-likeness (QED) is 0.369. The fourth-order valence-corrected chi connectivity index (χ4v) is 1.94. The molecule has 5 nitrogen and oxygen atoms in total. The van der Waals surface area contributed by atoms with Gasteiger partial charge in [-0.15, -0.1) is 0 Å². The third kappa shape index (κ3) is 3.95. The number of nitrogens with two attached hydrogens (primary N) is 1. The van der Waals surface area contributed by atoms with Crippen molar-refractivity contribution in [2.45, 2.75) is 26.2 Å². The predicted molar refractivity (Wildman–Crippen MR) is 81.9 cm³/mol. The van der Waals surface area contributed by atoms with Crippen LogP contribution in [0.4, 0.5) is 0 Å². The fourth-order valence-electron chi connectivity index (χ4n) is 1.94. The van der Waals surface area contributed by atoms with E-state index in [2.05, 4.69) is 17.1 Å². The zero-order valence-electron chi connectivity index (χ0n) is 12.0. The van der Waals surface area contributed by atoms with Crippen molar-refractivity contribution in [2.75, 3.05) is 0 Å². The first-order valence-electron chi connectivity index (χ1n) is 6.94. The first-order chi connectivity index (χ1) is 10.2. The normalized spacial score (nSPS) is 11.4. The number of pyridine rings is 1. The van der Waals surface area contributed by atoms with E-state index in [1.165, 1.54) is 18.4 Å². The molecule has 0 atom stereocenters. The standard InChI is InChI=1S/C16H19N3O2/c1-2-3-5-12-7-9-13(10-8-12)21-16-14(15(17)19-20)6-4-11-18-16/h4,6-11,20H,2-3,5H2,1H3,(H2,17,19). The summed E-state index contributed by atoms with van der Waals surface area (Å²) in [5, 5.41) is 11.8. The Balaban J connectivity index is 2.15. The van der Waals surface area contributed by atoms with E-state index >= 15 is 0 Å². The van der Waals surface area contributed by atoms with E-state index in [0.29, 0.717) is 17.2 Å². The molecule has 2 rings (SSSR count). The van der Waals surface area contributed by atoms with Gasteiger partial charge < -0.3 is 15.7 Å². The number of unbranched alkanes of at least 4 members (excludes halogenated alkanes) is 1. The molecule has 5 heteroatoms. The topological polar surface area (TPSA) is 80.7 Å². The summed E-state index contributed by atoms with van der Waals surface area (Å²) in [4.78, 5) is 4.12. The molecule has 0 aliphatic rings. The highest BCUT2D eigenvalue weighted by atomic mass is 16.5. The maximum Gasteiger partial charge on any atom is 0.230 e. The molecule has 21 heavy (non-hydrogen) atoms. The molecule has 1 aromatic carbocycles. The van der Waals surface area contributed by atoms with Crippen molar-refractivity contribution >= 4 is 5.84 Å². The van der Waals surface area contributed by atoms with Crippen LogP contribution in [0.15, 0.2) is 47.8 Å². The summed E-state index contributed by atoms with van der Waals surface area (Å²) in [6.45, 7) is 2.17. The van der Waals surface area contributed by atoms with Gasteiger partial charge in [0.2, 0.25) is 5.88 Å². The maximum atomic E-state index is 8.78. The van der Waals surface area contributed by atoms with Gasteiger partial charge in [0.25, 0.3) is 0 Å². The molecule has 0 unspecified atom stereocenters. The van der Waals surface area contributed by atoms with Crippen LogP contribution in [-0.4, -0.2) is 16.0 Å². The molecular formula is C16H19N3O2. The molecule has 0 spiro atoms. The lowest BCUT2D eigenvalue weighted by molar-refractivity contribution is 0.318. The number of ether oxygens (including phenoxy) is 1.